The van der Waals surface area contributed by atoms with E-state index in [9.17, 15) is 4.79 Å². The summed E-state index contributed by atoms with van der Waals surface area (Å²) in [6.45, 7) is 0. The van der Waals surface area contributed by atoms with Gasteiger partial charge in [-0.2, -0.15) is 15.0 Å². The average molecular weight is 391 g/mol. The number of hydrogen-bond donors (Lipinski definition) is 1. The molecule has 0 aliphatic heterocycles. The first-order valence-corrected chi connectivity index (χ1v) is 8.10. The molecule has 1 heterocycles. The minimum Gasteiger partial charge on any atom is -0.465 e. The zero-order valence-electron chi connectivity index (χ0n) is 13.4. The van der Waals surface area contributed by atoms with E-state index in [2.05, 4.69) is 20.3 Å². The number of esters is 1. The average Bonchev–Trinajstić information content (AvgIpc) is 2.62. The van der Waals surface area contributed by atoms with Crippen molar-refractivity contribution in [1.82, 2.24) is 15.0 Å². The number of anilines is 2. The van der Waals surface area contributed by atoms with Crippen molar-refractivity contribution >= 4 is 40.8 Å². The Morgan fingerprint density at radius 2 is 1.73 bits per heavy atom. The van der Waals surface area contributed by atoms with E-state index in [0.29, 0.717) is 22.7 Å². The number of halogens is 2. The fourth-order valence-electron chi connectivity index (χ4n) is 2.09. The van der Waals surface area contributed by atoms with Crippen LogP contribution < -0.4 is 10.1 Å². The van der Waals surface area contributed by atoms with Crippen LogP contribution in [0.15, 0.2) is 48.5 Å². The normalized spacial score (nSPS) is 10.3. The Balaban J connectivity index is 1.87. The smallest absolute Gasteiger partial charge is 0.337 e. The van der Waals surface area contributed by atoms with E-state index in [1.807, 2.05) is 6.07 Å². The third kappa shape index (κ3) is 4.38. The van der Waals surface area contributed by atoms with Crippen molar-refractivity contribution in [3.8, 4) is 11.5 Å². The van der Waals surface area contributed by atoms with Crippen LogP contribution in [0.1, 0.15) is 10.4 Å². The number of carbonyl (C=O) groups is 1. The van der Waals surface area contributed by atoms with Gasteiger partial charge in [0.15, 0.2) is 5.75 Å². The lowest BCUT2D eigenvalue weighted by Crippen LogP contribution is -2.02. The second-order valence-corrected chi connectivity index (χ2v) is 5.62. The summed E-state index contributed by atoms with van der Waals surface area (Å²) in [7, 11) is 1.32. The number of hydrogen-bond acceptors (Lipinski definition) is 7. The van der Waals surface area contributed by atoms with Gasteiger partial charge in [0.05, 0.1) is 18.4 Å². The molecular formula is C17H12Cl2N4O3. The molecule has 9 heteroatoms. The van der Waals surface area contributed by atoms with Gasteiger partial charge < -0.3 is 14.8 Å². The predicted octanol–water partition coefficient (Wildman–Crippen LogP) is 4.50. The van der Waals surface area contributed by atoms with Crippen molar-refractivity contribution in [1.29, 1.82) is 0 Å². The molecule has 132 valence electrons. The SMILES string of the molecule is COC(=O)c1cccc(Oc2ccccc2Nc2nc(Cl)nc(Cl)n2)c1. The van der Waals surface area contributed by atoms with E-state index in [-0.39, 0.29) is 16.5 Å². The maximum absolute atomic E-state index is 11.7. The standard InChI is InChI=1S/C17H12Cl2N4O3/c1-25-14(24)10-5-4-6-11(9-10)26-13-8-3-2-7-12(13)20-17-22-15(18)21-16(19)23-17/h2-9H,1H3,(H,20,21,22,23). The molecule has 0 radical (unpaired) electrons. The molecule has 0 aliphatic carbocycles. The van der Waals surface area contributed by atoms with Crippen LogP contribution in [0.4, 0.5) is 11.6 Å². The third-order valence-electron chi connectivity index (χ3n) is 3.20. The van der Waals surface area contributed by atoms with Crippen molar-refractivity contribution in [3.05, 3.63) is 64.7 Å². The molecule has 26 heavy (non-hydrogen) atoms. The number of rotatable bonds is 5. The molecule has 0 atom stereocenters. The maximum Gasteiger partial charge on any atom is 0.337 e. The Morgan fingerprint density at radius 3 is 2.46 bits per heavy atom. The molecule has 0 aliphatic rings. The van der Waals surface area contributed by atoms with Crippen LogP contribution in [-0.2, 0) is 4.74 Å². The van der Waals surface area contributed by atoms with Gasteiger partial charge >= 0.3 is 5.97 Å². The van der Waals surface area contributed by atoms with Gasteiger partial charge in [-0.1, -0.05) is 18.2 Å². The van der Waals surface area contributed by atoms with Crippen molar-refractivity contribution < 1.29 is 14.3 Å². The number of methoxy groups -OCH3 is 1. The molecule has 0 bridgehead atoms. The minimum atomic E-state index is -0.448. The van der Waals surface area contributed by atoms with Crippen molar-refractivity contribution in [2.75, 3.05) is 12.4 Å². The van der Waals surface area contributed by atoms with Crippen molar-refractivity contribution in [2.24, 2.45) is 0 Å². The van der Waals surface area contributed by atoms with Crippen LogP contribution in [0.2, 0.25) is 10.6 Å². The van der Waals surface area contributed by atoms with Gasteiger partial charge in [-0.15, -0.1) is 0 Å². The molecule has 0 amide bonds. The lowest BCUT2D eigenvalue weighted by atomic mass is 10.2. The largest absolute Gasteiger partial charge is 0.465 e. The summed E-state index contributed by atoms with van der Waals surface area (Å²) < 4.78 is 10.6. The van der Waals surface area contributed by atoms with Gasteiger partial charge in [-0.3, -0.25) is 0 Å². The molecule has 1 aromatic heterocycles. The van der Waals surface area contributed by atoms with Gasteiger partial charge in [0.2, 0.25) is 16.5 Å². The van der Waals surface area contributed by atoms with Gasteiger partial charge in [0, 0.05) is 0 Å². The van der Waals surface area contributed by atoms with E-state index < -0.39 is 5.97 Å². The molecule has 2 aromatic carbocycles. The first-order chi connectivity index (χ1) is 12.5. The molecule has 0 saturated carbocycles. The van der Waals surface area contributed by atoms with Gasteiger partial charge in [0.25, 0.3) is 0 Å². The Bertz CT molecular complexity index is 933. The molecule has 7 nitrogen and oxygen atoms in total. The van der Waals surface area contributed by atoms with E-state index in [1.54, 1.807) is 42.5 Å². The Hall–Kier alpha value is -2.90. The van der Waals surface area contributed by atoms with Crippen LogP contribution in [0.3, 0.4) is 0 Å². The van der Waals surface area contributed by atoms with Crippen LogP contribution in [0.25, 0.3) is 0 Å². The summed E-state index contributed by atoms with van der Waals surface area (Å²) in [5.74, 6) is 0.682. The second kappa shape index (κ2) is 7.99. The van der Waals surface area contributed by atoms with Crippen LogP contribution >= 0.6 is 23.2 Å². The molecule has 3 aromatic rings. The highest BCUT2D eigenvalue weighted by Gasteiger charge is 2.10. The van der Waals surface area contributed by atoms with Crippen molar-refractivity contribution in [3.63, 3.8) is 0 Å². The Kier molecular flexibility index (Phi) is 5.50. The van der Waals surface area contributed by atoms with Gasteiger partial charge in [-0.05, 0) is 53.5 Å². The topological polar surface area (TPSA) is 86.2 Å². The predicted molar refractivity (Wildman–Crippen MR) is 97.4 cm³/mol. The summed E-state index contributed by atoms with van der Waals surface area (Å²) in [6.07, 6.45) is 0. The van der Waals surface area contributed by atoms with E-state index in [1.165, 1.54) is 7.11 Å². The van der Waals surface area contributed by atoms with Gasteiger partial charge in [-0.25, -0.2) is 4.79 Å². The van der Waals surface area contributed by atoms with Crippen molar-refractivity contribution in [2.45, 2.75) is 0 Å². The van der Waals surface area contributed by atoms with E-state index in [0.717, 1.165) is 0 Å². The second-order valence-electron chi connectivity index (χ2n) is 4.94. The quantitative estimate of drug-likeness (QED) is 0.641. The van der Waals surface area contributed by atoms with Crippen LogP contribution in [0.5, 0.6) is 11.5 Å². The lowest BCUT2D eigenvalue weighted by Gasteiger charge is -2.12. The number of aromatic nitrogens is 3. The first-order valence-electron chi connectivity index (χ1n) is 7.34. The van der Waals surface area contributed by atoms with Crippen LogP contribution in [-0.4, -0.2) is 28.0 Å². The Labute approximate surface area is 158 Å². The third-order valence-corrected chi connectivity index (χ3v) is 3.54. The highest BCUT2D eigenvalue weighted by molar-refractivity contribution is 6.31. The van der Waals surface area contributed by atoms with E-state index in [4.69, 9.17) is 32.7 Å². The highest BCUT2D eigenvalue weighted by atomic mass is 35.5. The zero-order chi connectivity index (χ0) is 18.5. The molecule has 0 saturated heterocycles. The van der Waals surface area contributed by atoms with Gasteiger partial charge in [0.1, 0.15) is 5.75 Å². The molecule has 3 rings (SSSR count). The number of ether oxygens (including phenoxy) is 2. The number of nitrogens with one attached hydrogen (secondary N) is 1. The summed E-state index contributed by atoms with van der Waals surface area (Å²) in [5.41, 5.74) is 0.959. The monoisotopic (exact) mass is 390 g/mol. The fourth-order valence-corrected chi connectivity index (χ4v) is 2.46. The number of para-hydroxylation sites is 2. The van der Waals surface area contributed by atoms with Crippen LogP contribution in [0, 0.1) is 0 Å². The lowest BCUT2D eigenvalue weighted by molar-refractivity contribution is 0.0600. The fraction of sp³-hybridized carbons (Fsp3) is 0.0588. The zero-order valence-corrected chi connectivity index (χ0v) is 15.0. The van der Waals surface area contributed by atoms with E-state index >= 15 is 0 Å². The number of benzene rings is 2. The molecule has 0 unspecified atom stereocenters. The molecule has 1 N–H and O–H groups in total. The summed E-state index contributed by atoms with van der Waals surface area (Å²) in [5, 5.41) is 2.91. The number of nitrogens with zero attached hydrogens (tertiary/aromatic N) is 3. The summed E-state index contributed by atoms with van der Waals surface area (Å²) >= 11 is 11.6. The molecular weight excluding hydrogens is 379 g/mol. The molecule has 0 spiro atoms. The highest BCUT2D eigenvalue weighted by Crippen LogP contribution is 2.31. The maximum atomic E-state index is 11.7. The number of carbonyl (C=O) groups excluding carboxylic acids is 1. The molecule has 0 fully saturated rings. The minimum absolute atomic E-state index is 0.0309. The first kappa shape index (κ1) is 17.9. The summed E-state index contributed by atoms with van der Waals surface area (Å²) in [6, 6.07) is 13.8. The Morgan fingerprint density at radius 1 is 1.00 bits per heavy atom. The summed E-state index contributed by atoms with van der Waals surface area (Å²) in [4.78, 5) is 23.3.